The van der Waals surface area contributed by atoms with Crippen molar-refractivity contribution in [3.05, 3.63) is 58.2 Å². The summed E-state index contributed by atoms with van der Waals surface area (Å²) in [5, 5.41) is 3.12. The van der Waals surface area contributed by atoms with E-state index in [1.54, 1.807) is 24.7 Å². The maximum absolute atomic E-state index is 15.1. The third-order valence-electron chi connectivity index (χ3n) is 6.27. The minimum atomic E-state index is -0.400. The Morgan fingerprint density at radius 2 is 1.85 bits per heavy atom. The molecule has 1 aromatic carbocycles. The number of thiazole rings is 1. The second kappa shape index (κ2) is 7.80. The average molecular weight is 464 g/mol. The summed E-state index contributed by atoms with van der Waals surface area (Å²) in [4.78, 5) is 30.1. The van der Waals surface area contributed by atoms with E-state index in [0.29, 0.717) is 49.2 Å². The Kier molecular flexibility index (Phi) is 4.75. The molecular weight excluding hydrogens is 441 g/mol. The predicted molar refractivity (Wildman–Crippen MR) is 128 cm³/mol. The van der Waals surface area contributed by atoms with Crippen LogP contribution in [0.1, 0.15) is 18.9 Å². The van der Waals surface area contributed by atoms with E-state index in [2.05, 4.69) is 19.9 Å². The Bertz CT molecular complexity index is 1390. The number of aromatic nitrogens is 4. The van der Waals surface area contributed by atoms with Crippen molar-refractivity contribution in [2.75, 3.05) is 41.7 Å². The van der Waals surface area contributed by atoms with Crippen LogP contribution in [0.3, 0.4) is 0 Å². The third-order valence-corrected chi connectivity index (χ3v) is 7.06. The number of nitrogen functional groups attached to an aromatic ring is 1. The van der Waals surface area contributed by atoms with Crippen molar-refractivity contribution in [1.29, 1.82) is 0 Å². The van der Waals surface area contributed by atoms with Gasteiger partial charge in [0.1, 0.15) is 16.5 Å². The van der Waals surface area contributed by atoms with Crippen LogP contribution in [0.2, 0.25) is 0 Å². The summed E-state index contributed by atoms with van der Waals surface area (Å²) in [5.41, 5.74) is 7.82. The van der Waals surface area contributed by atoms with Gasteiger partial charge in [-0.25, -0.2) is 19.3 Å². The summed E-state index contributed by atoms with van der Waals surface area (Å²) in [6.07, 6.45) is 7.30. The summed E-state index contributed by atoms with van der Waals surface area (Å²) in [6, 6.07) is 5.33. The van der Waals surface area contributed by atoms with Crippen LogP contribution in [0, 0.1) is 5.82 Å². The number of nitrogens with two attached hydrogens (primary N) is 1. The number of halogens is 1. The number of fused-ring (bicyclic) bond motifs is 1. The van der Waals surface area contributed by atoms with Crippen LogP contribution in [-0.4, -0.2) is 45.7 Å². The predicted octanol–water partition coefficient (Wildman–Crippen LogP) is 3.30. The van der Waals surface area contributed by atoms with Crippen LogP contribution in [-0.2, 0) is 0 Å². The molecule has 0 spiro atoms. The highest BCUT2D eigenvalue weighted by Crippen LogP contribution is 2.38. The molecule has 4 heterocycles. The fraction of sp³-hybridized carbons (Fsp3) is 0.304. The molecule has 4 aromatic rings. The van der Waals surface area contributed by atoms with Crippen LogP contribution in [0.25, 0.3) is 21.6 Å². The lowest BCUT2D eigenvalue weighted by Gasteiger charge is -2.36. The molecule has 168 valence electrons. The minimum Gasteiger partial charge on any atom is -0.394 e. The van der Waals surface area contributed by atoms with Crippen LogP contribution < -0.4 is 21.0 Å². The number of rotatable bonds is 4. The molecule has 0 amide bonds. The number of benzene rings is 1. The van der Waals surface area contributed by atoms with Gasteiger partial charge in [-0.05, 0) is 31.0 Å². The zero-order valence-electron chi connectivity index (χ0n) is 17.8. The molecule has 1 saturated carbocycles. The van der Waals surface area contributed by atoms with Gasteiger partial charge in [-0.15, -0.1) is 11.3 Å². The molecule has 2 aliphatic rings. The number of anilines is 3. The fourth-order valence-electron chi connectivity index (χ4n) is 4.39. The van der Waals surface area contributed by atoms with E-state index in [1.165, 1.54) is 17.4 Å². The monoisotopic (exact) mass is 463 g/mol. The molecule has 1 aliphatic heterocycles. The number of hydrogen-bond donors (Lipinski definition) is 1. The van der Waals surface area contributed by atoms with E-state index in [1.807, 2.05) is 20.9 Å². The third kappa shape index (κ3) is 3.60. The molecule has 6 rings (SSSR count). The Morgan fingerprint density at radius 3 is 2.58 bits per heavy atom. The highest BCUT2D eigenvalue weighted by Gasteiger charge is 2.27. The highest BCUT2D eigenvalue weighted by atomic mass is 32.1. The van der Waals surface area contributed by atoms with Gasteiger partial charge in [-0.3, -0.25) is 4.79 Å². The molecule has 0 atom stereocenters. The first-order valence-corrected chi connectivity index (χ1v) is 11.8. The standard InChI is InChI=1S/C23H22FN7OS/c24-16-11-15-19(31(14-1-2-14)13-17(25)21(15)32)12-20(16)29-6-8-30(9-7-29)23-27-4-3-18(28-23)22-26-5-10-33-22/h3-5,10-14H,1-2,6-9,25H2. The second-order valence-corrected chi connectivity index (χ2v) is 9.32. The molecule has 0 bridgehead atoms. The van der Waals surface area contributed by atoms with Crippen LogP contribution in [0.4, 0.5) is 21.7 Å². The summed E-state index contributed by atoms with van der Waals surface area (Å²) in [7, 11) is 0. The molecule has 10 heteroatoms. The minimum absolute atomic E-state index is 0.162. The Labute approximate surface area is 193 Å². The lowest BCUT2D eigenvalue weighted by Crippen LogP contribution is -2.47. The number of pyridine rings is 1. The molecule has 8 nitrogen and oxygen atoms in total. The maximum atomic E-state index is 15.1. The fourth-order valence-corrected chi connectivity index (χ4v) is 5.00. The van der Waals surface area contributed by atoms with Gasteiger partial charge in [-0.1, -0.05) is 0 Å². The summed E-state index contributed by atoms with van der Waals surface area (Å²) in [5.74, 6) is 0.252. The van der Waals surface area contributed by atoms with E-state index in [0.717, 1.165) is 29.1 Å². The van der Waals surface area contributed by atoms with Crippen molar-refractivity contribution in [2.24, 2.45) is 0 Å². The van der Waals surface area contributed by atoms with Crippen LogP contribution in [0.15, 0.2) is 47.0 Å². The summed E-state index contributed by atoms with van der Waals surface area (Å²) >= 11 is 1.54. The molecule has 33 heavy (non-hydrogen) atoms. The zero-order valence-corrected chi connectivity index (χ0v) is 18.6. The molecule has 2 N–H and O–H groups in total. The zero-order chi connectivity index (χ0) is 22.5. The van der Waals surface area contributed by atoms with Gasteiger partial charge < -0.3 is 20.1 Å². The van der Waals surface area contributed by atoms with E-state index in [9.17, 15) is 4.79 Å². The second-order valence-electron chi connectivity index (χ2n) is 8.43. The normalized spacial score (nSPS) is 16.5. The van der Waals surface area contributed by atoms with Gasteiger partial charge in [0.05, 0.1) is 22.3 Å². The van der Waals surface area contributed by atoms with Crippen LogP contribution >= 0.6 is 11.3 Å². The molecule has 3 aromatic heterocycles. The number of hydrogen-bond acceptors (Lipinski definition) is 8. The Morgan fingerprint density at radius 1 is 1.06 bits per heavy atom. The van der Waals surface area contributed by atoms with Crippen molar-refractivity contribution in [3.8, 4) is 10.7 Å². The first kappa shape index (κ1) is 20.1. The van der Waals surface area contributed by atoms with Crippen LogP contribution in [0.5, 0.6) is 0 Å². The topological polar surface area (TPSA) is 93.2 Å². The smallest absolute Gasteiger partial charge is 0.226 e. The molecule has 0 unspecified atom stereocenters. The van der Waals surface area contributed by atoms with Gasteiger partial charge >= 0.3 is 0 Å². The first-order chi connectivity index (χ1) is 16.1. The maximum Gasteiger partial charge on any atom is 0.226 e. The summed E-state index contributed by atoms with van der Waals surface area (Å²) in [6.45, 7) is 2.57. The van der Waals surface area contributed by atoms with Gasteiger partial charge in [0.25, 0.3) is 0 Å². The lowest BCUT2D eigenvalue weighted by molar-refractivity contribution is 0.595. The van der Waals surface area contributed by atoms with Crippen molar-refractivity contribution in [3.63, 3.8) is 0 Å². The number of nitrogens with zero attached hydrogens (tertiary/aromatic N) is 6. The van der Waals surface area contributed by atoms with Gasteiger partial charge in [-0.2, -0.15) is 0 Å². The quantitative estimate of drug-likeness (QED) is 0.496. The average Bonchev–Trinajstić information content (AvgIpc) is 3.54. The molecule has 1 saturated heterocycles. The summed E-state index contributed by atoms with van der Waals surface area (Å²) < 4.78 is 17.2. The van der Waals surface area contributed by atoms with Gasteiger partial charge in [0, 0.05) is 56.2 Å². The van der Waals surface area contributed by atoms with E-state index < -0.39 is 5.82 Å². The van der Waals surface area contributed by atoms with Crippen molar-refractivity contribution in [1.82, 2.24) is 19.5 Å². The van der Waals surface area contributed by atoms with Gasteiger partial charge in [0.15, 0.2) is 0 Å². The van der Waals surface area contributed by atoms with E-state index in [4.69, 9.17) is 5.73 Å². The molecule has 0 radical (unpaired) electrons. The highest BCUT2D eigenvalue weighted by molar-refractivity contribution is 7.13. The Balaban J connectivity index is 1.27. The molecule has 2 fully saturated rings. The van der Waals surface area contributed by atoms with Crippen molar-refractivity contribution >= 4 is 39.6 Å². The molecular formula is C23H22FN7OS. The largest absolute Gasteiger partial charge is 0.394 e. The SMILES string of the molecule is Nc1cn(C2CC2)c2cc(N3CCN(c4nccc(-c5nccs5)n4)CC3)c(F)cc2c1=O. The van der Waals surface area contributed by atoms with Gasteiger partial charge in [0.2, 0.25) is 11.4 Å². The van der Waals surface area contributed by atoms with E-state index >= 15 is 4.39 Å². The number of piperazine rings is 1. The van der Waals surface area contributed by atoms with E-state index in [-0.39, 0.29) is 11.1 Å². The lowest BCUT2D eigenvalue weighted by atomic mass is 10.1. The van der Waals surface area contributed by atoms with Crippen molar-refractivity contribution in [2.45, 2.75) is 18.9 Å². The Hall–Kier alpha value is -3.53. The van der Waals surface area contributed by atoms with Crippen molar-refractivity contribution < 1.29 is 4.39 Å². The molecule has 1 aliphatic carbocycles. The first-order valence-electron chi connectivity index (χ1n) is 10.9.